The quantitative estimate of drug-likeness (QED) is 0.747. The van der Waals surface area contributed by atoms with Crippen LogP contribution >= 0.6 is 12.4 Å². The molecule has 2 aliphatic rings. The summed E-state index contributed by atoms with van der Waals surface area (Å²) in [5, 5.41) is 7.50. The Bertz CT molecular complexity index is 721. The summed E-state index contributed by atoms with van der Waals surface area (Å²) in [7, 11) is 0. The number of nitrogens with one attached hydrogen (secondary N) is 1. The summed E-state index contributed by atoms with van der Waals surface area (Å²) in [6.07, 6.45) is 3.99. The summed E-state index contributed by atoms with van der Waals surface area (Å²) in [5.41, 5.74) is 1.32. The molecule has 4 rings (SSSR count). The van der Waals surface area contributed by atoms with Gasteiger partial charge in [-0.15, -0.1) is 12.4 Å². The number of halogens is 2. The smallest absolute Gasteiger partial charge is 0.149 e. The third kappa shape index (κ3) is 5.07. The van der Waals surface area contributed by atoms with Crippen LogP contribution in [-0.4, -0.2) is 71.8 Å². The molecule has 1 N–H and O–H groups in total. The molecule has 3 heterocycles. The van der Waals surface area contributed by atoms with Crippen LogP contribution in [0.15, 0.2) is 30.9 Å². The number of ether oxygens (including phenoxy) is 2. The largest absolute Gasteiger partial charge is 0.381 e. The Labute approximate surface area is 170 Å². The molecule has 0 amide bonds. The normalized spacial score (nSPS) is 21.4. The van der Waals surface area contributed by atoms with Crippen LogP contribution in [0, 0.1) is 11.7 Å². The maximum Gasteiger partial charge on any atom is 0.149 e. The van der Waals surface area contributed by atoms with Crippen LogP contribution in [-0.2, 0) is 16.0 Å². The zero-order chi connectivity index (χ0) is 18.5. The second kappa shape index (κ2) is 10.3. The second-order valence-electron chi connectivity index (χ2n) is 7.10. The number of nitrogens with zero attached hydrogens (tertiary/aromatic N) is 4. The van der Waals surface area contributed by atoms with E-state index in [-0.39, 0.29) is 18.2 Å². The van der Waals surface area contributed by atoms with Crippen LogP contribution in [0.4, 0.5) is 4.39 Å². The number of morpholine rings is 1. The highest BCUT2D eigenvalue weighted by Crippen LogP contribution is 2.22. The van der Waals surface area contributed by atoms with Gasteiger partial charge in [0.25, 0.3) is 0 Å². The Hall–Kier alpha value is -1.58. The van der Waals surface area contributed by atoms with Crippen LogP contribution in [0.1, 0.15) is 12.0 Å². The minimum atomic E-state index is -0.297. The van der Waals surface area contributed by atoms with Gasteiger partial charge in [-0.1, -0.05) is 6.07 Å². The maximum absolute atomic E-state index is 14.4. The molecule has 9 heteroatoms. The highest BCUT2D eigenvalue weighted by molar-refractivity contribution is 5.85. The van der Waals surface area contributed by atoms with Crippen molar-refractivity contribution in [2.45, 2.75) is 19.0 Å². The molecule has 2 unspecified atom stereocenters. The molecule has 0 spiro atoms. The highest BCUT2D eigenvalue weighted by Gasteiger charge is 2.31. The SMILES string of the molecule is Cl.Fc1cc(CNCC(C2CCOC2)N2CCOCC2)ccc1-n1cncn1. The Morgan fingerprint density at radius 1 is 1.21 bits per heavy atom. The van der Waals surface area contributed by atoms with Gasteiger partial charge in [-0.05, 0) is 24.1 Å². The van der Waals surface area contributed by atoms with Gasteiger partial charge in [0.05, 0.1) is 19.8 Å². The molecule has 2 aliphatic heterocycles. The number of hydrogen-bond acceptors (Lipinski definition) is 6. The van der Waals surface area contributed by atoms with Crippen molar-refractivity contribution in [1.82, 2.24) is 25.0 Å². The Kier molecular flexibility index (Phi) is 7.75. The van der Waals surface area contributed by atoms with E-state index in [4.69, 9.17) is 9.47 Å². The third-order valence-corrected chi connectivity index (χ3v) is 5.38. The van der Waals surface area contributed by atoms with E-state index in [9.17, 15) is 4.39 Å². The van der Waals surface area contributed by atoms with Crippen LogP contribution in [0.5, 0.6) is 0 Å². The second-order valence-corrected chi connectivity index (χ2v) is 7.10. The number of benzene rings is 1. The first kappa shape index (κ1) is 21.1. The number of hydrogen-bond donors (Lipinski definition) is 1. The van der Waals surface area contributed by atoms with E-state index < -0.39 is 0 Å². The third-order valence-electron chi connectivity index (χ3n) is 5.38. The minimum absolute atomic E-state index is 0. The molecule has 2 fully saturated rings. The fourth-order valence-corrected chi connectivity index (χ4v) is 3.90. The van der Waals surface area contributed by atoms with Gasteiger partial charge in [0, 0.05) is 44.7 Å². The van der Waals surface area contributed by atoms with Crippen molar-refractivity contribution in [2.75, 3.05) is 46.1 Å². The van der Waals surface area contributed by atoms with Gasteiger partial charge in [-0.25, -0.2) is 14.1 Å². The van der Waals surface area contributed by atoms with E-state index in [1.54, 1.807) is 12.1 Å². The summed E-state index contributed by atoms with van der Waals surface area (Å²) < 4.78 is 26.9. The van der Waals surface area contributed by atoms with Crippen molar-refractivity contribution >= 4 is 12.4 Å². The molecule has 7 nitrogen and oxygen atoms in total. The standard InChI is InChI=1S/C19H26FN5O2.ClH/c20-17-9-15(1-2-18(17)25-14-22-13-23-25)10-21-11-19(16-3-6-27-12-16)24-4-7-26-8-5-24;/h1-2,9,13-14,16,19,21H,3-8,10-12H2;1H. The van der Waals surface area contributed by atoms with Crippen LogP contribution < -0.4 is 5.32 Å². The Morgan fingerprint density at radius 3 is 2.75 bits per heavy atom. The topological polar surface area (TPSA) is 64.4 Å². The number of aromatic nitrogens is 3. The zero-order valence-corrected chi connectivity index (χ0v) is 16.6. The van der Waals surface area contributed by atoms with E-state index in [0.29, 0.717) is 24.2 Å². The van der Waals surface area contributed by atoms with Crippen molar-refractivity contribution in [3.05, 3.63) is 42.2 Å². The fourth-order valence-electron chi connectivity index (χ4n) is 3.90. The molecule has 28 heavy (non-hydrogen) atoms. The minimum Gasteiger partial charge on any atom is -0.381 e. The first-order chi connectivity index (χ1) is 13.3. The zero-order valence-electron chi connectivity index (χ0n) is 15.8. The van der Waals surface area contributed by atoms with Gasteiger partial charge in [0.1, 0.15) is 24.2 Å². The van der Waals surface area contributed by atoms with E-state index in [1.807, 2.05) is 6.07 Å². The van der Waals surface area contributed by atoms with Gasteiger partial charge in [-0.2, -0.15) is 5.10 Å². The monoisotopic (exact) mass is 411 g/mol. The van der Waals surface area contributed by atoms with E-state index >= 15 is 0 Å². The van der Waals surface area contributed by atoms with E-state index in [0.717, 1.165) is 58.0 Å². The summed E-state index contributed by atoms with van der Waals surface area (Å²) in [6.45, 7) is 6.67. The van der Waals surface area contributed by atoms with Crippen molar-refractivity contribution in [3.63, 3.8) is 0 Å². The highest BCUT2D eigenvalue weighted by atomic mass is 35.5. The molecule has 0 aliphatic carbocycles. The summed E-state index contributed by atoms with van der Waals surface area (Å²) in [5.74, 6) is 0.246. The predicted octanol–water partition coefficient (Wildman–Crippen LogP) is 1.66. The van der Waals surface area contributed by atoms with Crippen LogP contribution in [0.3, 0.4) is 0 Å². The molecular weight excluding hydrogens is 385 g/mol. The van der Waals surface area contributed by atoms with Crippen molar-refractivity contribution < 1.29 is 13.9 Å². The lowest BCUT2D eigenvalue weighted by Gasteiger charge is -2.37. The summed E-state index contributed by atoms with van der Waals surface area (Å²) in [4.78, 5) is 6.37. The van der Waals surface area contributed by atoms with Gasteiger partial charge in [0.2, 0.25) is 0 Å². The molecular formula is C19H27ClFN5O2. The lowest BCUT2D eigenvalue weighted by molar-refractivity contribution is 0.00137. The number of rotatable bonds is 7. The average molecular weight is 412 g/mol. The van der Waals surface area contributed by atoms with Crippen molar-refractivity contribution in [1.29, 1.82) is 0 Å². The molecule has 2 saturated heterocycles. The molecule has 2 atom stereocenters. The van der Waals surface area contributed by atoms with Crippen LogP contribution in [0.2, 0.25) is 0 Å². The lowest BCUT2D eigenvalue weighted by atomic mass is 9.96. The first-order valence-electron chi connectivity index (χ1n) is 9.55. The van der Waals surface area contributed by atoms with Crippen molar-refractivity contribution in [2.24, 2.45) is 5.92 Å². The average Bonchev–Trinajstić information content (AvgIpc) is 3.40. The lowest BCUT2D eigenvalue weighted by Crippen LogP contribution is -2.51. The summed E-state index contributed by atoms with van der Waals surface area (Å²) >= 11 is 0. The molecule has 0 saturated carbocycles. The van der Waals surface area contributed by atoms with Gasteiger partial charge < -0.3 is 14.8 Å². The van der Waals surface area contributed by atoms with E-state index in [2.05, 4.69) is 20.3 Å². The fraction of sp³-hybridized carbons (Fsp3) is 0.579. The van der Waals surface area contributed by atoms with E-state index in [1.165, 1.54) is 17.3 Å². The predicted molar refractivity (Wildman–Crippen MR) is 105 cm³/mol. The molecule has 0 bridgehead atoms. The molecule has 2 aromatic rings. The molecule has 1 aromatic carbocycles. The van der Waals surface area contributed by atoms with Gasteiger partial charge in [0.15, 0.2) is 0 Å². The molecule has 154 valence electrons. The summed E-state index contributed by atoms with van der Waals surface area (Å²) in [6, 6.07) is 5.66. The molecule has 0 radical (unpaired) electrons. The Balaban J connectivity index is 0.00000225. The maximum atomic E-state index is 14.4. The van der Waals surface area contributed by atoms with Crippen molar-refractivity contribution in [3.8, 4) is 5.69 Å². The molecule has 1 aromatic heterocycles. The first-order valence-corrected chi connectivity index (χ1v) is 9.55. The van der Waals surface area contributed by atoms with Gasteiger partial charge in [-0.3, -0.25) is 4.90 Å². The van der Waals surface area contributed by atoms with Crippen LogP contribution in [0.25, 0.3) is 5.69 Å². The Morgan fingerprint density at radius 2 is 2.07 bits per heavy atom. The van der Waals surface area contributed by atoms with Gasteiger partial charge >= 0.3 is 0 Å².